The van der Waals surface area contributed by atoms with Crippen LogP contribution in [0.2, 0.25) is 0 Å². The average Bonchev–Trinajstić information content (AvgIpc) is 3.06. The highest BCUT2D eigenvalue weighted by Crippen LogP contribution is 2.45. The Bertz CT molecular complexity index is 778. The first-order chi connectivity index (χ1) is 11.0. The van der Waals surface area contributed by atoms with E-state index in [9.17, 15) is 4.79 Å². The molecule has 0 bridgehead atoms. The molecule has 1 aromatic heterocycles. The van der Waals surface area contributed by atoms with Gasteiger partial charge in [-0.25, -0.2) is 4.98 Å². The van der Waals surface area contributed by atoms with Crippen molar-refractivity contribution in [3.63, 3.8) is 0 Å². The van der Waals surface area contributed by atoms with Crippen LogP contribution in [-0.4, -0.2) is 28.1 Å². The maximum absolute atomic E-state index is 13.3. The van der Waals surface area contributed by atoms with Crippen LogP contribution in [0.3, 0.4) is 0 Å². The summed E-state index contributed by atoms with van der Waals surface area (Å²) in [5.41, 5.74) is 2.82. The van der Waals surface area contributed by atoms with Gasteiger partial charge in [0.05, 0.1) is 12.8 Å². The number of ether oxygens (including phenoxy) is 1. The second-order valence-electron chi connectivity index (χ2n) is 6.85. The van der Waals surface area contributed by atoms with E-state index < -0.39 is 0 Å². The summed E-state index contributed by atoms with van der Waals surface area (Å²) in [6.45, 7) is 8.30. The van der Waals surface area contributed by atoms with Gasteiger partial charge in [-0.3, -0.25) is 4.79 Å². The normalized spacial score (nSPS) is 21.9. The Kier molecular flexibility index (Phi) is 3.10. The molecule has 1 aromatic carbocycles. The molecule has 120 valence electrons. The molecule has 23 heavy (non-hydrogen) atoms. The number of rotatable bonds is 1. The van der Waals surface area contributed by atoms with Crippen molar-refractivity contribution in [3.8, 4) is 0 Å². The van der Waals surface area contributed by atoms with Gasteiger partial charge >= 0.3 is 0 Å². The van der Waals surface area contributed by atoms with E-state index in [2.05, 4.69) is 31.8 Å². The third-order valence-electron chi connectivity index (χ3n) is 5.36. The number of anilines is 1. The summed E-state index contributed by atoms with van der Waals surface area (Å²) < 4.78 is 7.41. The summed E-state index contributed by atoms with van der Waals surface area (Å²) in [5.74, 6) is 0.857. The molecule has 4 rings (SSSR count). The fraction of sp³-hybridized carbons (Fsp3) is 0.444. The molecule has 5 heteroatoms. The van der Waals surface area contributed by atoms with Crippen molar-refractivity contribution in [1.29, 1.82) is 0 Å². The van der Waals surface area contributed by atoms with Gasteiger partial charge in [0.15, 0.2) is 0 Å². The van der Waals surface area contributed by atoms with Crippen LogP contribution >= 0.6 is 0 Å². The number of benzene rings is 1. The molecule has 2 aliphatic heterocycles. The zero-order valence-corrected chi connectivity index (χ0v) is 13.7. The Morgan fingerprint density at radius 3 is 2.96 bits per heavy atom. The Balaban J connectivity index is 1.79. The molecule has 0 N–H and O–H groups in total. The largest absolute Gasteiger partial charge is 0.372 e. The topological polar surface area (TPSA) is 47.4 Å². The number of carbonyl (C=O) groups is 1. The maximum atomic E-state index is 13.3. The molecule has 1 amide bonds. The molecule has 0 fully saturated rings. The summed E-state index contributed by atoms with van der Waals surface area (Å²) >= 11 is 0. The molecular formula is C18H21N3O2. The Hall–Kier alpha value is -2.14. The molecule has 0 saturated heterocycles. The maximum Gasteiger partial charge on any atom is 0.276 e. The monoisotopic (exact) mass is 311 g/mol. The number of carbonyl (C=O) groups excluding carboxylic acids is 1. The highest BCUT2D eigenvalue weighted by molar-refractivity contribution is 6.07. The van der Waals surface area contributed by atoms with Gasteiger partial charge in [0.1, 0.15) is 18.1 Å². The standard InChI is InChI=1S/C18H21N3O2/c1-12-18(2,3)13-6-4-5-7-14(13)21(12)17(22)15-10-19-16-11-23-9-8-20(15)16/h4-7,10,12H,8-9,11H2,1-3H3. The summed E-state index contributed by atoms with van der Waals surface area (Å²) in [6.07, 6.45) is 1.69. The van der Waals surface area contributed by atoms with E-state index in [1.165, 1.54) is 5.56 Å². The fourth-order valence-corrected chi connectivity index (χ4v) is 3.66. The summed E-state index contributed by atoms with van der Waals surface area (Å²) in [7, 11) is 0. The summed E-state index contributed by atoms with van der Waals surface area (Å²) in [5, 5.41) is 0. The summed E-state index contributed by atoms with van der Waals surface area (Å²) in [4.78, 5) is 19.5. The molecule has 2 aliphatic rings. The zero-order chi connectivity index (χ0) is 16.2. The van der Waals surface area contributed by atoms with Crippen molar-refractivity contribution in [1.82, 2.24) is 9.55 Å². The van der Waals surface area contributed by atoms with Gasteiger partial charge in [0, 0.05) is 23.7 Å². The molecule has 0 spiro atoms. The van der Waals surface area contributed by atoms with Crippen LogP contribution in [-0.2, 0) is 23.3 Å². The smallest absolute Gasteiger partial charge is 0.276 e. The van der Waals surface area contributed by atoms with E-state index in [0.29, 0.717) is 25.5 Å². The highest BCUT2D eigenvalue weighted by Gasteiger charge is 2.45. The van der Waals surface area contributed by atoms with Gasteiger partial charge in [-0.15, -0.1) is 0 Å². The SMILES string of the molecule is CC1N(C(=O)c2cnc3n2CCOC3)c2ccccc2C1(C)C. The molecule has 1 unspecified atom stereocenters. The molecule has 0 saturated carbocycles. The zero-order valence-electron chi connectivity index (χ0n) is 13.7. The quantitative estimate of drug-likeness (QED) is 0.813. The number of aromatic nitrogens is 2. The number of hydrogen-bond acceptors (Lipinski definition) is 3. The Morgan fingerprint density at radius 2 is 2.13 bits per heavy atom. The van der Waals surface area contributed by atoms with Crippen molar-refractivity contribution in [3.05, 3.63) is 47.5 Å². The average molecular weight is 311 g/mol. The highest BCUT2D eigenvalue weighted by atomic mass is 16.5. The lowest BCUT2D eigenvalue weighted by molar-refractivity contribution is 0.0783. The number of hydrogen-bond donors (Lipinski definition) is 0. The van der Waals surface area contributed by atoms with E-state index in [1.807, 2.05) is 27.7 Å². The van der Waals surface area contributed by atoms with E-state index in [-0.39, 0.29) is 17.4 Å². The minimum Gasteiger partial charge on any atom is -0.372 e. The first-order valence-electron chi connectivity index (χ1n) is 8.07. The van der Waals surface area contributed by atoms with E-state index in [1.54, 1.807) is 6.20 Å². The van der Waals surface area contributed by atoms with Gasteiger partial charge in [0.25, 0.3) is 5.91 Å². The minimum absolute atomic E-state index is 0.0242. The van der Waals surface area contributed by atoms with Crippen LogP contribution < -0.4 is 4.90 Å². The Labute approximate surface area is 135 Å². The first kappa shape index (κ1) is 14.5. The summed E-state index contributed by atoms with van der Waals surface area (Å²) in [6, 6.07) is 8.29. The van der Waals surface area contributed by atoms with Crippen LogP contribution in [0.25, 0.3) is 0 Å². The van der Waals surface area contributed by atoms with Gasteiger partial charge in [-0.2, -0.15) is 0 Å². The lowest BCUT2D eigenvalue weighted by Crippen LogP contribution is -2.43. The lowest BCUT2D eigenvalue weighted by atomic mass is 9.81. The van der Waals surface area contributed by atoms with Crippen molar-refractivity contribution in [2.45, 2.75) is 45.4 Å². The number of fused-ring (bicyclic) bond motifs is 2. The van der Waals surface area contributed by atoms with E-state index in [4.69, 9.17) is 4.74 Å². The second kappa shape index (κ2) is 4.93. The van der Waals surface area contributed by atoms with Crippen molar-refractivity contribution < 1.29 is 9.53 Å². The third-order valence-corrected chi connectivity index (χ3v) is 5.36. The van der Waals surface area contributed by atoms with Crippen LogP contribution in [0.4, 0.5) is 5.69 Å². The molecular weight excluding hydrogens is 290 g/mol. The van der Waals surface area contributed by atoms with E-state index in [0.717, 1.165) is 11.5 Å². The van der Waals surface area contributed by atoms with Crippen LogP contribution in [0.1, 0.15) is 42.6 Å². The third kappa shape index (κ3) is 1.96. The molecule has 0 aliphatic carbocycles. The van der Waals surface area contributed by atoms with E-state index >= 15 is 0 Å². The number of para-hydroxylation sites is 1. The van der Waals surface area contributed by atoms with Crippen molar-refractivity contribution >= 4 is 11.6 Å². The number of imidazole rings is 1. The van der Waals surface area contributed by atoms with Gasteiger partial charge in [0.2, 0.25) is 0 Å². The van der Waals surface area contributed by atoms with Gasteiger partial charge in [-0.1, -0.05) is 32.0 Å². The molecule has 2 aromatic rings. The van der Waals surface area contributed by atoms with Crippen molar-refractivity contribution in [2.75, 3.05) is 11.5 Å². The van der Waals surface area contributed by atoms with Crippen LogP contribution in [0.15, 0.2) is 30.5 Å². The lowest BCUT2D eigenvalue weighted by Gasteiger charge is -2.30. The van der Waals surface area contributed by atoms with Crippen molar-refractivity contribution in [2.24, 2.45) is 0 Å². The second-order valence-corrected chi connectivity index (χ2v) is 6.85. The van der Waals surface area contributed by atoms with Gasteiger partial charge < -0.3 is 14.2 Å². The number of amides is 1. The van der Waals surface area contributed by atoms with Crippen LogP contribution in [0.5, 0.6) is 0 Å². The molecule has 5 nitrogen and oxygen atoms in total. The predicted octanol–water partition coefficient (Wildman–Crippen LogP) is 2.74. The molecule has 1 atom stereocenters. The Morgan fingerprint density at radius 1 is 1.35 bits per heavy atom. The predicted molar refractivity (Wildman–Crippen MR) is 87.6 cm³/mol. The molecule has 0 radical (unpaired) electrons. The first-order valence-corrected chi connectivity index (χ1v) is 8.07. The minimum atomic E-state index is -0.0693. The fourth-order valence-electron chi connectivity index (χ4n) is 3.66. The number of nitrogens with zero attached hydrogens (tertiary/aromatic N) is 3. The van der Waals surface area contributed by atoms with Gasteiger partial charge in [-0.05, 0) is 18.6 Å². The molecule has 3 heterocycles. The van der Waals surface area contributed by atoms with Crippen LogP contribution in [0, 0.1) is 0 Å².